The summed E-state index contributed by atoms with van der Waals surface area (Å²) in [6.45, 7) is 0.790. The van der Waals surface area contributed by atoms with Crippen LogP contribution in [-0.4, -0.2) is 68.2 Å². The summed E-state index contributed by atoms with van der Waals surface area (Å²) in [4.78, 5) is 30.8. The van der Waals surface area contributed by atoms with Crippen LogP contribution in [0.1, 0.15) is 19.3 Å². The maximum atomic E-state index is 12.2. The summed E-state index contributed by atoms with van der Waals surface area (Å²) in [6, 6.07) is 8.75. The van der Waals surface area contributed by atoms with Gasteiger partial charge in [-0.2, -0.15) is 0 Å². The predicted octanol–water partition coefficient (Wildman–Crippen LogP) is 0.990. The second kappa shape index (κ2) is 9.05. The minimum absolute atomic E-state index is 0.0197. The first kappa shape index (κ1) is 20.1. The van der Waals surface area contributed by atoms with Crippen molar-refractivity contribution in [1.29, 1.82) is 0 Å². The lowest BCUT2D eigenvalue weighted by molar-refractivity contribution is -0.126. The topological polar surface area (TPSA) is 117 Å². The zero-order valence-corrected chi connectivity index (χ0v) is 16.3. The number of nitrogens with zero attached hydrogens (tertiary/aromatic N) is 2. The summed E-state index contributed by atoms with van der Waals surface area (Å²) < 4.78 is 22.8. The molecule has 0 spiro atoms. The molecule has 1 unspecified atom stereocenters. The van der Waals surface area contributed by atoms with Crippen LogP contribution in [0.2, 0.25) is 0 Å². The number of oxime groups is 1. The summed E-state index contributed by atoms with van der Waals surface area (Å²) in [5, 5.41) is 9.47. The molecule has 3 amide bonds. The Morgan fingerprint density at radius 3 is 2.54 bits per heavy atom. The van der Waals surface area contributed by atoms with Crippen molar-refractivity contribution >= 4 is 33.2 Å². The molecule has 0 radical (unpaired) electrons. The molecule has 28 heavy (non-hydrogen) atoms. The first-order valence-electron chi connectivity index (χ1n) is 9.20. The van der Waals surface area contributed by atoms with E-state index < -0.39 is 9.84 Å². The largest absolute Gasteiger partial charge is 0.386 e. The number of hydrogen-bond acceptors (Lipinski definition) is 6. The molecular formula is C18H24N4O5S. The van der Waals surface area contributed by atoms with Crippen molar-refractivity contribution in [3.05, 3.63) is 30.3 Å². The lowest BCUT2D eigenvalue weighted by Gasteiger charge is -2.27. The number of piperidine rings is 1. The summed E-state index contributed by atoms with van der Waals surface area (Å²) in [6.07, 6.45) is 1.58. The van der Waals surface area contributed by atoms with Crippen LogP contribution in [0.4, 0.5) is 10.5 Å². The molecule has 2 N–H and O–H groups in total. The van der Waals surface area contributed by atoms with E-state index >= 15 is 0 Å². The first-order chi connectivity index (χ1) is 13.4. The Bertz CT molecular complexity index is 831. The average Bonchev–Trinajstić information content (AvgIpc) is 3.01. The van der Waals surface area contributed by atoms with Gasteiger partial charge < -0.3 is 20.4 Å². The fraction of sp³-hybridized carbons (Fsp3) is 0.500. The van der Waals surface area contributed by atoms with Crippen LogP contribution in [0.3, 0.4) is 0 Å². The predicted molar refractivity (Wildman–Crippen MR) is 105 cm³/mol. The van der Waals surface area contributed by atoms with Crippen LogP contribution >= 0.6 is 0 Å². The Morgan fingerprint density at radius 1 is 1.18 bits per heavy atom. The van der Waals surface area contributed by atoms with E-state index in [-0.39, 0.29) is 36.1 Å². The Balaban J connectivity index is 1.36. The van der Waals surface area contributed by atoms with Crippen molar-refractivity contribution in [3.63, 3.8) is 0 Å². The molecule has 152 valence electrons. The third-order valence-corrected chi connectivity index (χ3v) is 6.41. The van der Waals surface area contributed by atoms with Crippen molar-refractivity contribution in [2.75, 3.05) is 36.5 Å². The maximum Gasteiger partial charge on any atom is 0.321 e. The van der Waals surface area contributed by atoms with Crippen molar-refractivity contribution in [2.24, 2.45) is 5.16 Å². The number of amides is 3. The highest BCUT2D eigenvalue weighted by atomic mass is 32.2. The number of hydrogen-bond donors (Lipinski definition) is 2. The quantitative estimate of drug-likeness (QED) is 0.705. The van der Waals surface area contributed by atoms with Gasteiger partial charge in [-0.1, -0.05) is 23.4 Å². The molecule has 0 aliphatic carbocycles. The molecule has 0 aromatic heterocycles. The van der Waals surface area contributed by atoms with E-state index in [1.54, 1.807) is 4.90 Å². The van der Waals surface area contributed by atoms with Gasteiger partial charge in [-0.05, 0) is 18.6 Å². The molecule has 0 bridgehead atoms. The van der Waals surface area contributed by atoms with Gasteiger partial charge in [0.2, 0.25) is 0 Å². The zero-order valence-electron chi connectivity index (χ0n) is 15.5. The minimum Gasteiger partial charge on any atom is -0.386 e. The molecule has 1 aromatic carbocycles. The molecule has 0 saturated carbocycles. The molecular weight excluding hydrogens is 384 g/mol. The fourth-order valence-electron chi connectivity index (χ4n) is 3.14. The Kier molecular flexibility index (Phi) is 6.50. The summed E-state index contributed by atoms with van der Waals surface area (Å²) in [5.74, 6) is -0.296. The van der Waals surface area contributed by atoms with E-state index in [9.17, 15) is 18.0 Å². The third-order valence-electron chi connectivity index (χ3n) is 4.64. The minimum atomic E-state index is -3.03. The van der Waals surface area contributed by atoms with Crippen LogP contribution in [-0.2, 0) is 19.5 Å². The molecule has 1 atom stereocenters. The lowest BCUT2D eigenvalue weighted by atomic mass is 10.1. The van der Waals surface area contributed by atoms with Gasteiger partial charge in [-0.15, -0.1) is 0 Å². The number of anilines is 1. The Morgan fingerprint density at radius 2 is 1.89 bits per heavy atom. The number of carbonyl (C=O) groups is 2. The average molecular weight is 408 g/mol. The molecule has 2 aliphatic heterocycles. The molecule has 2 fully saturated rings. The number of carbonyl (C=O) groups excluding carboxylic acids is 2. The second-order valence-corrected chi connectivity index (χ2v) is 9.11. The van der Waals surface area contributed by atoms with Crippen molar-refractivity contribution in [2.45, 2.75) is 25.3 Å². The van der Waals surface area contributed by atoms with E-state index in [0.717, 1.165) is 11.4 Å². The standard InChI is InChI=1S/C18H24N4O5S/c23-17(19-16-8-11-28(25,26)13-16)12-27-21-15-6-9-22(10-7-15)18(24)20-14-4-2-1-3-5-14/h1-5,16H,6-13H2,(H,19,23)(H,20,24). The molecule has 1 aromatic rings. The molecule has 2 saturated heterocycles. The normalized spacial score (nSPS) is 21.1. The highest BCUT2D eigenvalue weighted by Gasteiger charge is 2.29. The maximum absolute atomic E-state index is 12.2. The first-order valence-corrected chi connectivity index (χ1v) is 11.0. The summed E-state index contributed by atoms with van der Waals surface area (Å²) in [5.41, 5.74) is 1.54. The van der Waals surface area contributed by atoms with E-state index in [0.29, 0.717) is 32.4 Å². The number of likely N-dealkylation sites (tertiary alicyclic amines) is 1. The highest BCUT2D eigenvalue weighted by molar-refractivity contribution is 7.91. The van der Waals surface area contributed by atoms with E-state index in [2.05, 4.69) is 15.8 Å². The van der Waals surface area contributed by atoms with Gasteiger partial charge in [0, 0.05) is 37.7 Å². The smallest absolute Gasteiger partial charge is 0.321 e. The van der Waals surface area contributed by atoms with Gasteiger partial charge in [0.15, 0.2) is 16.4 Å². The van der Waals surface area contributed by atoms with Crippen molar-refractivity contribution < 1.29 is 22.8 Å². The fourth-order valence-corrected chi connectivity index (χ4v) is 4.82. The monoisotopic (exact) mass is 408 g/mol. The van der Waals surface area contributed by atoms with Crippen LogP contribution in [0.5, 0.6) is 0 Å². The van der Waals surface area contributed by atoms with Crippen LogP contribution < -0.4 is 10.6 Å². The van der Waals surface area contributed by atoms with Crippen LogP contribution in [0, 0.1) is 0 Å². The van der Waals surface area contributed by atoms with Gasteiger partial charge >= 0.3 is 6.03 Å². The molecule has 2 aliphatic rings. The number of para-hydroxylation sites is 1. The van der Waals surface area contributed by atoms with Crippen LogP contribution in [0.15, 0.2) is 35.5 Å². The Hall–Kier alpha value is -2.62. The second-order valence-electron chi connectivity index (χ2n) is 6.88. The molecule has 2 heterocycles. The molecule has 9 nitrogen and oxygen atoms in total. The third kappa shape index (κ3) is 5.95. The van der Waals surface area contributed by atoms with E-state index in [4.69, 9.17) is 4.84 Å². The number of nitrogens with one attached hydrogen (secondary N) is 2. The van der Waals surface area contributed by atoms with Gasteiger partial charge in [-0.3, -0.25) is 4.79 Å². The van der Waals surface area contributed by atoms with Crippen LogP contribution in [0.25, 0.3) is 0 Å². The summed E-state index contributed by atoms with van der Waals surface area (Å²) in [7, 11) is -3.03. The van der Waals surface area contributed by atoms with Crippen molar-refractivity contribution in [1.82, 2.24) is 10.2 Å². The number of benzene rings is 1. The molecule has 10 heteroatoms. The van der Waals surface area contributed by atoms with Gasteiger partial charge in [0.25, 0.3) is 5.91 Å². The zero-order chi connectivity index (χ0) is 20.0. The number of sulfone groups is 1. The van der Waals surface area contributed by atoms with Gasteiger partial charge in [0.05, 0.1) is 17.2 Å². The number of urea groups is 1. The Labute approximate surface area is 164 Å². The van der Waals surface area contributed by atoms with E-state index in [1.807, 2.05) is 30.3 Å². The SMILES string of the molecule is O=C(CON=C1CCN(C(=O)Nc2ccccc2)CC1)NC1CCS(=O)(=O)C1. The molecule has 3 rings (SSSR count). The van der Waals surface area contributed by atoms with E-state index in [1.165, 1.54) is 0 Å². The van der Waals surface area contributed by atoms with Crippen molar-refractivity contribution in [3.8, 4) is 0 Å². The lowest BCUT2D eigenvalue weighted by Crippen LogP contribution is -2.41. The van der Waals surface area contributed by atoms with Gasteiger partial charge in [-0.25, -0.2) is 13.2 Å². The van der Waals surface area contributed by atoms with Gasteiger partial charge in [0.1, 0.15) is 0 Å². The summed E-state index contributed by atoms with van der Waals surface area (Å²) >= 11 is 0. The number of rotatable bonds is 5. The highest BCUT2D eigenvalue weighted by Crippen LogP contribution is 2.12.